The van der Waals surface area contributed by atoms with Gasteiger partial charge in [-0.2, -0.15) is 0 Å². The topological polar surface area (TPSA) is 87.6 Å². The molecule has 1 aliphatic rings. The summed E-state index contributed by atoms with van der Waals surface area (Å²) < 4.78 is 5.56. The van der Waals surface area contributed by atoms with Crippen molar-refractivity contribution in [1.29, 1.82) is 0 Å². The minimum Gasteiger partial charge on any atom is -0.394 e. The zero-order chi connectivity index (χ0) is 13.8. The van der Waals surface area contributed by atoms with Gasteiger partial charge in [-0.1, -0.05) is 0 Å². The summed E-state index contributed by atoms with van der Waals surface area (Å²) in [6, 6.07) is 3.39. The van der Waals surface area contributed by atoms with Crippen LogP contribution in [0.4, 0.5) is 5.82 Å². The predicted octanol–water partition coefficient (Wildman–Crippen LogP) is -0.578. The van der Waals surface area contributed by atoms with E-state index in [2.05, 4.69) is 15.5 Å². The van der Waals surface area contributed by atoms with Gasteiger partial charge < -0.3 is 20.1 Å². The highest BCUT2D eigenvalue weighted by Gasteiger charge is 2.25. The Morgan fingerprint density at radius 1 is 1.53 bits per heavy atom. The molecule has 0 saturated carbocycles. The first kappa shape index (κ1) is 13.7. The van der Waals surface area contributed by atoms with E-state index in [1.54, 1.807) is 19.2 Å². The molecule has 0 bridgehead atoms. The number of hydrogen-bond acceptors (Lipinski definition) is 6. The molecule has 1 aliphatic heterocycles. The summed E-state index contributed by atoms with van der Waals surface area (Å²) in [5.41, 5.74) is 0.284. The second-order valence-electron chi connectivity index (χ2n) is 4.51. The molecule has 0 spiro atoms. The van der Waals surface area contributed by atoms with Crippen LogP contribution in [0.1, 0.15) is 17.4 Å². The Balaban J connectivity index is 2.11. The van der Waals surface area contributed by atoms with Gasteiger partial charge in [0.15, 0.2) is 11.5 Å². The maximum absolute atomic E-state index is 11.4. The molecule has 19 heavy (non-hydrogen) atoms. The van der Waals surface area contributed by atoms with E-state index in [1.807, 2.05) is 11.8 Å². The fourth-order valence-corrected chi connectivity index (χ4v) is 2.08. The second-order valence-corrected chi connectivity index (χ2v) is 4.51. The minimum absolute atomic E-state index is 0.0197. The Labute approximate surface area is 111 Å². The quantitative estimate of drug-likeness (QED) is 0.761. The first-order valence-corrected chi connectivity index (χ1v) is 6.21. The van der Waals surface area contributed by atoms with E-state index >= 15 is 0 Å². The summed E-state index contributed by atoms with van der Waals surface area (Å²) in [7, 11) is 1.55. The van der Waals surface area contributed by atoms with Crippen molar-refractivity contribution >= 4 is 11.7 Å². The average Bonchev–Trinajstić information content (AvgIpc) is 2.46. The number of aliphatic hydroxyl groups is 1. The van der Waals surface area contributed by atoms with Crippen molar-refractivity contribution in [2.45, 2.75) is 19.1 Å². The molecule has 2 N–H and O–H groups in total. The SMILES string of the molecule is CNC(=O)c1ccc(N2CC(C)OC(CO)C2)nn1. The van der Waals surface area contributed by atoms with E-state index in [-0.39, 0.29) is 30.4 Å². The number of ether oxygens (including phenoxy) is 1. The van der Waals surface area contributed by atoms with Crippen LogP contribution in [0.2, 0.25) is 0 Å². The van der Waals surface area contributed by atoms with Gasteiger partial charge in [0.25, 0.3) is 5.91 Å². The van der Waals surface area contributed by atoms with Gasteiger partial charge in [0.05, 0.1) is 18.8 Å². The summed E-state index contributed by atoms with van der Waals surface area (Å²) in [6.07, 6.45) is -0.199. The molecule has 1 aromatic rings. The number of anilines is 1. The van der Waals surface area contributed by atoms with Crippen molar-refractivity contribution in [3.8, 4) is 0 Å². The summed E-state index contributed by atoms with van der Waals surface area (Å²) in [6.45, 7) is 3.17. The Morgan fingerprint density at radius 2 is 2.32 bits per heavy atom. The van der Waals surface area contributed by atoms with Crippen LogP contribution in [0, 0.1) is 0 Å². The van der Waals surface area contributed by atoms with Crippen LogP contribution in [-0.4, -0.2) is 60.2 Å². The monoisotopic (exact) mass is 266 g/mol. The molecule has 1 fully saturated rings. The smallest absolute Gasteiger partial charge is 0.271 e. The van der Waals surface area contributed by atoms with Crippen LogP contribution in [0.3, 0.4) is 0 Å². The van der Waals surface area contributed by atoms with Crippen LogP contribution < -0.4 is 10.2 Å². The molecule has 0 aliphatic carbocycles. The van der Waals surface area contributed by atoms with Gasteiger partial charge in [-0.3, -0.25) is 4.79 Å². The first-order valence-electron chi connectivity index (χ1n) is 6.21. The lowest BCUT2D eigenvalue weighted by Crippen LogP contribution is -2.48. The fourth-order valence-electron chi connectivity index (χ4n) is 2.08. The highest BCUT2D eigenvalue weighted by Crippen LogP contribution is 2.17. The Bertz CT molecular complexity index is 437. The van der Waals surface area contributed by atoms with E-state index in [4.69, 9.17) is 4.74 Å². The summed E-state index contributed by atoms with van der Waals surface area (Å²) >= 11 is 0. The molecule has 2 atom stereocenters. The van der Waals surface area contributed by atoms with Crippen molar-refractivity contribution in [3.63, 3.8) is 0 Å². The molecule has 1 amide bonds. The van der Waals surface area contributed by atoms with E-state index in [1.165, 1.54) is 0 Å². The first-order chi connectivity index (χ1) is 9.13. The van der Waals surface area contributed by atoms with Crippen LogP contribution in [0.5, 0.6) is 0 Å². The molecule has 2 unspecified atom stereocenters. The second kappa shape index (κ2) is 5.94. The summed E-state index contributed by atoms with van der Waals surface area (Å²) in [4.78, 5) is 13.4. The van der Waals surface area contributed by atoms with E-state index in [9.17, 15) is 9.90 Å². The Kier molecular flexibility index (Phi) is 4.28. The normalized spacial score (nSPS) is 23.2. The molecule has 0 radical (unpaired) electrons. The van der Waals surface area contributed by atoms with Crippen LogP contribution in [0.25, 0.3) is 0 Å². The van der Waals surface area contributed by atoms with E-state index in [0.29, 0.717) is 18.9 Å². The third kappa shape index (κ3) is 3.18. The molecule has 1 aromatic heterocycles. The lowest BCUT2D eigenvalue weighted by Gasteiger charge is -2.36. The predicted molar refractivity (Wildman–Crippen MR) is 69.1 cm³/mol. The number of hydrogen-bond donors (Lipinski definition) is 2. The van der Waals surface area contributed by atoms with Crippen molar-refractivity contribution in [1.82, 2.24) is 15.5 Å². The van der Waals surface area contributed by atoms with Gasteiger partial charge in [-0.15, -0.1) is 10.2 Å². The largest absolute Gasteiger partial charge is 0.394 e. The molecule has 2 rings (SSSR count). The van der Waals surface area contributed by atoms with Crippen molar-refractivity contribution in [2.24, 2.45) is 0 Å². The van der Waals surface area contributed by atoms with Crippen LogP contribution in [-0.2, 0) is 4.74 Å². The number of rotatable bonds is 3. The van der Waals surface area contributed by atoms with Crippen molar-refractivity contribution < 1.29 is 14.6 Å². The van der Waals surface area contributed by atoms with Gasteiger partial charge >= 0.3 is 0 Å². The number of aliphatic hydroxyl groups excluding tert-OH is 1. The Hall–Kier alpha value is -1.73. The summed E-state index contributed by atoms with van der Waals surface area (Å²) in [5, 5.41) is 19.6. The number of aromatic nitrogens is 2. The van der Waals surface area contributed by atoms with Crippen LogP contribution in [0.15, 0.2) is 12.1 Å². The van der Waals surface area contributed by atoms with Gasteiger partial charge in [0, 0.05) is 20.1 Å². The van der Waals surface area contributed by atoms with Gasteiger partial charge in [0.2, 0.25) is 0 Å². The molecule has 1 saturated heterocycles. The molecule has 2 heterocycles. The highest BCUT2D eigenvalue weighted by atomic mass is 16.5. The van der Waals surface area contributed by atoms with Crippen molar-refractivity contribution in [3.05, 3.63) is 17.8 Å². The molecule has 104 valence electrons. The highest BCUT2D eigenvalue weighted by molar-refractivity contribution is 5.91. The minimum atomic E-state index is -0.261. The Morgan fingerprint density at radius 3 is 2.89 bits per heavy atom. The maximum Gasteiger partial charge on any atom is 0.271 e. The third-order valence-corrected chi connectivity index (χ3v) is 2.96. The number of carbonyl (C=O) groups excluding carboxylic acids is 1. The lowest BCUT2D eigenvalue weighted by molar-refractivity contribution is -0.0423. The van der Waals surface area contributed by atoms with E-state index < -0.39 is 0 Å². The number of morpholine rings is 1. The number of carbonyl (C=O) groups is 1. The fraction of sp³-hybridized carbons (Fsp3) is 0.583. The average molecular weight is 266 g/mol. The standard InChI is InChI=1S/C12H18N4O3/c1-8-5-16(6-9(7-17)19-8)11-4-3-10(14-15-11)12(18)13-2/h3-4,8-9,17H,5-7H2,1-2H3,(H,13,18). The van der Waals surface area contributed by atoms with Gasteiger partial charge in [-0.05, 0) is 19.1 Å². The van der Waals surface area contributed by atoms with Crippen molar-refractivity contribution in [2.75, 3.05) is 31.6 Å². The van der Waals surface area contributed by atoms with Crippen LogP contribution >= 0.6 is 0 Å². The van der Waals surface area contributed by atoms with E-state index in [0.717, 1.165) is 0 Å². The molecule has 7 heteroatoms. The maximum atomic E-state index is 11.4. The number of nitrogens with one attached hydrogen (secondary N) is 1. The summed E-state index contributed by atoms with van der Waals surface area (Å²) in [5.74, 6) is 0.420. The van der Waals surface area contributed by atoms with Gasteiger partial charge in [0.1, 0.15) is 0 Å². The van der Waals surface area contributed by atoms with Gasteiger partial charge in [-0.25, -0.2) is 0 Å². The molecule has 0 aromatic carbocycles. The zero-order valence-electron chi connectivity index (χ0n) is 11.0. The third-order valence-electron chi connectivity index (χ3n) is 2.96. The lowest BCUT2D eigenvalue weighted by atomic mass is 10.2. The molecular weight excluding hydrogens is 248 g/mol. The number of amides is 1. The molecule has 7 nitrogen and oxygen atoms in total. The molecular formula is C12H18N4O3. The zero-order valence-corrected chi connectivity index (χ0v) is 11.0. The number of nitrogens with zero attached hydrogens (tertiary/aromatic N) is 3.